The van der Waals surface area contributed by atoms with Crippen molar-refractivity contribution in [2.75, 3.05) is 12.4 Å². The van der Waals surface area contributed by atoms with Crippen molar-refractivity contribution in [2.24, 2.45) is 0 Å². The maximum atomic E-state index is 5.64. The van der Waals surface area contributed by atoms with Gasteiger partial charge in [-0.05, 0) is 18.6 Å². The van der Waals surface area contributed by atoms with Gasteiger partial charge in [0, 0.05) is 11.0 Å². The lowest BCUT2D eigenvalue weighted by Crippen LogP contribution is -2.03. The third kappa shape index (κ3) is 1.95. The second kappa shape index (κ2) is 3.40. The van der Waals surface area contributed by atoms with Gasteiger partial charge >= 0.3 is 0 Å². The van der Waals surface area contributed by atoms with Crippen molar-refractivity contribution in [3.05, 3.63) is 29.8 Å². The summed E-state index contributed by atoms with van der Waals surface area (Å²) in [6, 6.07) is 8.16. The number of para-hydroxylation sites is 1. The first kappa shape index (κ1) is 7.99. The minimum atomic E-state index is 0.754. The average Bonchev–Trinajstić information content (AvgIpc) is 2.86. The Hall–Kier alpha value is -0.630. The van der Waals surface area contributed by atoms with Crippen LogP contribution in [0.3, 0.4) is 0 Å². The Bertz CT molecular complexity index is 268. The number of thioether (sulfide) groups is 1. The van der Waals surface area contributed by atoms with Crippen molar-refractivity contribution < 1.29 is 4.74 Å². The summed E-state index contributed by atoms with van der Waals surface area (Å²) in [5.74, 6) is 2.30. The van der Waals surface area contributed by atoms with E-state index in [-0.39, 0.29) is 0 Å². The van der Waals surface area contributed by atoms with Crippen LogP contribution in [0.1, 0.15) is 5.56 Å². The first-order valence-corrected chi connectivity index (χ1v) is 5.21. The van der Waals surface area contributed by atoms with Gasteiger partial charge in [0.15, 0.2) is 0 Å². The largest absolute Gasteiger partial charge is 0.492 e. The zero-order chi connectivity index (χ0) is 8.39. The molecule has 1 nitrogen and oxygen atoms in total. The Kier molecular flexibility index (Phi) is 2.26. The van der Waals surface area contributed by atoms with Gasteiger partial charge in [-0.2, -0.15) is 11.8 Å². The first-order valence-electron chi connectivity index (χ1n) is 4.16. The van der Waals surface area contributed by atoms with E-state index >= 15 is 0 Å². The molecule has 2 heteroatoms. The molecule has 1 atom stereocenters. The summed E-state index contributed by atoms with van der Waals surface area (Å²) in [5.41, 5.74) is 1.23. The lowest BCUT2D eigenvalue weighted by Gasteiger charge is -2.06. The van der Waals surface area contributed by atoms with Gasteiger partial charge in [-0.25, -0.2) is 0 Å². The fourth-order valence-corrected chi connectivity index (χ4v) is 1.46. The van der Waals surface area contributed by atoms with Crippen LogP contribution in [0.5, 0.6) is 5.75 Å². The van der Waals surface area contributed by atoms with Crippen LogP contribution in [0.2, 0.25) is 0 Å². The average molecular weight is 180 g/mol. The molecule has 0 amide bonds. The zero-order valence-electron chi connectivity index (χ0n) is 7.12. The maximum Gasteiger partial charge on any atom is 0.122 e. The second-order valence-electron chi connectivity index (χ2n) is 3.03. The molecule has 0 radical (unpaired) electrons. The molecule has 12 heavy (non-hydrogen) atoms. The molecular weight excluding hydrogens is 168 g/mol. The van der Waals surface area contributed by atoms with Crippen molar-refractivity contribution in [1.29, 1.82) is 0 Å². The molecule has 0 aliphatic carbocycles. The van der Waals surface area contributed by atoms with E-state index in [0.717, 1.165) is 17.6 Å². The van der Waals surface area contributed by atoms with Crippen LogP contribution in [0.15, 0.2) is 24.3 Å². The number of ether oxygens (including phenoxy) is 1. The van der Waals surface area contributed by atoms with E-state index in [1.165, 1.54) is 11.3 Å². The third-order valence-electron chi connectivity index (χ3n) is 1.92. The summed E-state index contributed by atoms with van der Waals surface area (Å²) in [6.45, 7) is 2.95. The van der Waals surface area contributed by atoms with Crippen molar-refractivity contribution in [1.82, 2.24) is 0 Å². The number of hydrogen-bond acceptors (Lipinski definition) is 2. The Morgan fingerprint density at radius 3 is 2.92 bits per heavy atom. The standard InChI is InChI=1S/C10H12OS/c1-8-4-2-3-5-10(8)11-6-9-7-12-9/h2-5,9H,6-7H2,1H3/t9-/m1/s1. The van der Waals surface area contributed by atoms with E-state index in [1.807, 2.05) is 30.0 Å². The quantitative estimate of drug-likeness (QED) is 0.661. The molecule has 0 N–H and O–H groups in total. The lowest BCUT2D eigenvalue weighted by atomic mass is 10.2. The van der Waals surface area contributed by atoms with Gasteiger partial charge < -0.3 is 4.74 Å². The van der Waals surface area contributed by atoms with Gasteiger partial charge in [-0.15, -0.1) is 0 Å². The first-order chi connectivity index (χ1) is 5.86. The van der Waals surface area contributed by atoms with Gasteiger partial charge in [-0.1, -0.05) is 18.2 Å². The zero-order valence-corrected chi connectivity index (χ0v) is 7.93. The van der Waals surface area contributed by atoms with Crippen molar-refractivity contribution in [2.45, 2.75) is 12.2 Å². The van der Waals surface area contributed by atoms with Crippen LogP contribution in [-0.2, 0) is 0 Å². The van der Waals surface area contributed by atoms with Gasteiger partial charge in [-0.3, -0.25) is 0 Å². The molecule has 1 fully saturated rings. The molecule has 2 rings (SSSR count). The van der Waals surface area contributed by atoms with E-state index in [1.54, 1.807) is 0 Å². The van der Waals surface area contributed by atoms with E-state index in [9.17, 15) is 0 Å². The van der Waals surface area contributed by atoms with Crippen LogP contribution in [0.4, 0.5) is 0 Å². The third-order valence-corrected chi connectivity index (χ3v) is 2.86. The SMILES string of the molecule is Cc1ccccc1OC[C@@H]1CS1. The molecule has 1 saturated heterocycles. The molecular formula is C10H12OS. The Morgan fingerprint density at radius 2 is 2.25 bits per heavy atom. The Labute approximate surface area is 77.1 Å². The molecule has 1 heterocycles. The monoisotopic (exact) mass is 180 g/mol. The van der Waals surface area contributed by atoms with Crippen molar-refractivity contribution >= 4 is 11.8 Å². The predicted octanol–water partition coefficient (Wildman–Crippen LogP) is 2.49. The summed E-state index contributed by atoms with van der Waals surface area (Å²) in [7, 11) is 0. The molecule has 1 aromatic carbocycles. The topological polar surface area (TPSA) is 9.23 Å². The van der Waals surface area contributed by atoms with Crippen LogP contribution < -0.4 is 4.74 Å². The summed E-state index contributed by atoms with van der Waals surface area (Å²) in [6.07, 6.45) is 0. The van der Waals surface area contributed by atoms with Crippen LogP contribution in [-0.4, -0.2) is 17.6 Å². The number of aryl methyl sites for hydroxylation is 1. The molecule has 0 saturated carbocycles. The smallest absolute Gasteiger partial charge is 0.122 e. The number of benzene rings is 1. The number of rotatable bonds is 3. The minimum Gasteiger partial charge on any atom is -0.492 e. The second-order valence-corrected chi connectivity index (χ2v) is 4.37. The van der Waals surface area contributed by atoms with E-state index in [2.05, 4.69) is 13.0 Å². The Balaban J connectivity index is 1.96. The highest BCUT2D eigenvalue weighted by atomic mass is 32.2. The summed E-state index contributed by atoms with van der Waals surface area (Å²) < 4.78 is 5.64. The number of hydrogen-bond donors (Lipinski definition) is 0. The van der Waals surface area contributed by atoms with Gasteiger partial charge in [0.2, 0.25) is 0 Å². The van der Waals surface area contributed by atoms with E-state index < -0.39 is 0 Å². The van der Waals surface area contributed by atoms with E-state index in [4.69, 9.17) is 4.74 Å². The van der Waals surface area contributed by atoms with Crippen molar-refractivity contribution in [3.63, 3.8) is 0 Å². The van der Waals surface area contributed by atoms with Gasteiger partial charge in [0.1, 0.15) is 12.4 Å². The highest BCUT2D eigenvalue weighted by molar-refractivity contribution is 8.06. The fourth-order valence-electron chi connectivity index (χ4n) is 1.07. The molecule has 64 valence electrons. The minimum absolute atomic E-state index is 0.754. The molecule has 1 aromatic rings. The summed E-state index contributed by atoms with van der Waals surface area (Å²) in [5, 5.41) is 0.754. The summed E-state index contributed by atoms with van der Waals surface area (Å²) >= 11 is 1.97. The highest BCUT2D eigenvalue weighted by Gasteiger charge is 2.22. The summed E-state index contributed by atoms with van der Waals surface area (Å²) in [4.78, 5) is 0. The predicted molar refractivity (Wildman–Crippen MR) is 52.9 cm³/mol. The normalized spacial score (nSPS) is 20.6. The van der Waals surface area contributed by atoms with E-state index in [0.29, 0.717) is 0 Å². The van der Waals surface area contributed by atoms with Gasteiger partial charge in [0.25, 0.3) is 0 Å². The maximum absolute atomic E-state index is 5.64. The molecule has 1 aliphatic rings. The molecule has 1 aliphatic heterocycles. The van der Waals surface area contributed by atoms with Gasteiger partial charge in [0.05, 0.1) is 0 Å². The lowest BCUT2D eigenvalue weighted by molar-refractivity contribution is 0.327. The molecule has 0 aromatic heterocycles. The van der Waals surface area contributed by atoms with Crippen LogP contribution in [0.25, 0.3) is 0 Å². The molecule has 0 bridgehead atoms. The Morgan fingerprint density at radius 1 is 1.50 bits per heavy atom. The molecule has 0 unspecified atom stereocenters. The van der Waals surface area contributed by atoms with Crippen LogP contribution in [0, 0.1) is 6.92 Å². The fraction of sp³-hybridized carbons (Fsp3) is 0.400. The van der Waals surface area contributed by atoms with Crippen LogP contribution >= 0.6 is 11.8 Å². The highest BCUT2D eigenvalue weighted by Crippen LogP contribution is 2.30. The molecule has 0 spiro atoms. The van der Waals surface area contributed by atoms with Crippen molar-refractivity contribution in [3.8, 4) is 5.75 Å².